The van der Waals surface area contributed by atoms with Crippen LogP contribution in [0.2, 0.25) is 0 Å². The van der Waals surface area contributed by atoms with Crippen molar-refractivity contribution in [3.05, 3.63) is 12.1 Å². The molecule has 16 heavy (non-hydrogen) atoms. The van der Waals surface area contributed by atoms with Crippen LogP contribution in [0.1, 0.15) is 12.8 Å². The molecule has 0 fully saturated rings. The first-order valence-electron chi connectivity index (χ1n) is 4.96. The first kappa shape index (κ1) is 12.4. The minimum Gasteiger partial charge on any atom is -0.492 e. The Kier molecular flexibility index (Phi) is 4.19. The second kappa shape index (κ2) is 5.41. The molecule has 1 aromatic rings. The molecular formula is C10H16N2O4. The Balaban J connectivity index is 2.40. The Morgan fingerprint density at radius 2 is 1.94 bits per heavy atom. The van der Waals surface area contributed by atoms with Gasteiger partial charge in [0.05, 0.1) is 0 Å². The van der Waals surface area contributed by atoms with Gasteiger partial charge in [0.25, 0.3) is 0 Å². The monoisotopic (exact) mass is 228 g/mol. The zero-order valence-electron chi connectivity index (χ0n) is 9.38. The number of rotatable bonds is 5. The molecule has 0 atom stereocenters. The van der Waals surface area contributed by atoms with Crippen LogP contribution in [0.15, 0.2) is 12.1 Å². The lowest BCUT2D eigenvalue weighted by Gasteiger charge is -2.09. The summed E-state index contributed by atoms with van der Waals surface area (Å²) in [6.07, 6.45) is 0.893. The number of aromatic nitrogens is 1. The Morgan fingerprint density at radius 3 is 2.44 bits per heavy atom. The summed E-state index contributed by atoms with van der Waals surface area (Å²) in [6.45, 7) is 0.777. The van der Waals surface area contributed by atoms with E-state index in [1.165, 1.54) is 12.1 Å². The van der Waals surface area contributed by atoms with Gasteiger partial charge in [-0.25, -0.2) is 4.79 Å². The zero-order chi connectivity index (χ0) is 12.1. The Morgan fingerprint density at radius 1 is 1.38 bits per heavy atom. The fourth-order valence-electron chi connectivity index (χ4n) is 1.18. The topological polar surface area (TPSA) is 74.9 Å². The van der Waals surface area contributed by atoms with Crippen LogP contribution in [0.25, 0.3) is 0 Å². The summed E-state index contributed by atoms with van der Waals surface area (Å²) in [5.41, 5.74) is 0. The lowest BCUT2D eigenvalue weighted by molar-refractivity contribution is -0.145. The summed E-state index contributed by atoms with van der Waals surface area (Å²) in [6, 6.07) is 2.48. The van der Waals surface area contributed by atoms with Gasteiger partial charge in [-0.15, -0.1) is 4.73 Å². The van der Waals surface area contributed by atoms with E-state index >= 15 is 0 Å². The van der Waals surface area contributed by atoms with Crippen LogP contribution >= 0.6 is 0 Å². The lowest BCUT2D eigenvalue weighted by atomic mass is 10.3. The van der Waals surface area contributed by atoms with Crippen LogP contribution in [-0.2, 0) is 4.79 Å². The van der Waals surface area contributed by atoms with Crippen LogP contribution in [0, 0.1) is 0 Å². The van der Waals surface area contributed by atoms with Gasteiger partial charge in [-0.1, -0.05) is 0 Å². The highest BCUT2D eigenvalue weighted by atomic mass is 16.7. The highest BCUT2D eigenvalue weighted by Crippen LogP contribution is 2.18. The molecule has 6 heteroatoms. The van der Waals surface area contributed by atoms with Crippen molar-refractivity contribution < 1.29 is 19.8 Å². The average molecular weight is 228 g/mol. The van der Waals surface area contributed by atoms with E-state index in [9.17, 15) is 15.0 Å². The van der Waals surface area contributed by atoms with Gasteiger partial charge in [-0.3, -0.25) is 0 Å². The predicted molar refractivity (Wildman–Crippen MR) is 57.1 cm³/mol. The zero-order valence-corrected chi connectivity index (χ0v) is 9.38. The summed E-state index contributed by atoms with van der Waals surface area (Å²) in [5.74, 6) is -1.11. The lowest BCUT2D eigenvalue weighted by Crippen LogP contribution is -2.21. The number of carbonyl (C=O) groups is 1. The second-order valence-corrected chi connectivity index (χ2v) is 3.71. The van der Waals surface area contributed by atoms with E-state index in [1.54, 1.807) is 0 Å². The molecule has 0 spiro atoms. The van der Waals surface area contributed by atoms with E-state index < -0.39 is 5.97 Å². The third-order valence-electron chi connectivity index (χ3n) is 1.98. The Hall–Kier alpha value is -1.69. The van der Waals surface area contributed by atoms with E-state index in [1.807, 2.05) is 19.0 Å². The summed E-state index contributed by atoms with van der Waals surface area (Å²) in [7, 11) is 3.82. The predicted octanol–water partition coefficient (Wildman–Crippen LogP) is 0.196. The van der Waals surface area contributed by atoms with Crippen LogP contribution < -0.4 is 4.84 Å². The highest BCUT2D eigenvalue weighted by molar-refractivity contribution is 5.69. The van der Waals surface area contributed by atoms with Gasteiger partial charge in [-0.05, 0) is 27.1 Å². The van der Waals surface area contributed by atoms with Gasteiger partial charge in [-0.2, -0.15) is 0 Å². The molecule has 1 aromatic heterocycles. The molecule has 0 aliphatic heterocycles. The summed E-state index contributed by atoms with van der Waals surface area (Å²) < 4.78 is 0.692. The quantitative estimate of drug-likeness (QED) is 0.752. The molecular weight excluding hydrogens is 212 g/mol. The molecule has 0 saturated carbocycles. The van der Waals surface area contributed by atoms with Crippen molar-refractivity contribution in [2.24, 2.45) is 0 Å². The van der Waals surface area contributed by atoms with Crippen LogP contribution in [-0.4, -0.2) is 46.5 Å². The third-order valence-corrected chi connectivity index (χ3v) is 1.98. The molecule has 0 aromatic carbocycles. The Bertz CT molecular complexity index is 340. The van der Waals surface area contributed by atoms with Crippen molar-refractivity contribution in [1.29, 1.82) is 0 Å². The van der Waals surface area contributed by atoms with E-state index in [4.69, 9.17) is 4.84 Å². The molecule has 6 nitrogen and oxygen atoms in total. The molecule has 0 aliphatic carbocycles. The van der Waals surface area contributed by atoms with Gasteiger partial charge in [0.2, 0.25) is 11.8 Å². The summed E-state index contributed by atoms with van der Waals surface area (Å²) in [4.78, 5) is 18.0. The van der Waals surface area contributed by atoms with E-state index in [-0.39, 0.29) is 18.2 Å². The van der Waals surface area contributed by atoms with Crippen molar-refractivity contribution in [3.8, 4) is 11.8 Å². The molecule has 2 N–H and O–H groups in total. The minimum atomic E-state index is -0.497. The molecule has 90 valence electrons. The van der Waals surface area contributed by atoms with Crippen molar-refractivity contribution in [2.75, 3.05) is 20.6 Å². The van der Waals surface area contributed by atoms with Crippen molar-refractivity contribution in [3.63, 3.8) is 0 Å². The van der Waals surface area contributed by atoms with E-state index in [0.29, 0.717) is 11.2 Å². The molecule has 1 heterocycles. The molecule has 0 radical (unpaired) electrons. The van der Waals surface area contributed by atoms with Gasteiger partial charge in [0, 0.05) is 18.6 Å². The fraction of sp³-hybridized carbons (Fsp3) is 0.500. The third kappa shape index (κ3) is 3.47. The molecule has 0 unspecified atom stereocenters. The highest BCUT2D eigenvalue weighted by Gasteiger charge is 2.11. The number of hydrogen-bond acceptors (Lipinski definition) is 5. The van der Waals surface area contributed by atoms with Crippen molar-refractivity contribution in [1.82, 2.24) is 9.63 Å². The van der Waals surface area contributed by atoms with E-state index in [0.717, 1.165) is 6.54 Å². The van der Waals surface area contributed by atoms with Gasteiger partial charge >= 0.3 is 5.97 Å². The van der Waals surface area contributed by atoms with Crippen LogP contribution in [0.5, 0.6) is 11.8 Å². The maximum absolute atomic E-state index is 11.3. The maximum atomic E-state index is 11.3. The largest absolute Gasteiger partial charge is 0.492 e. The normalized spacial score (nSPS) is 10.7. The van der Waals surface area contributed by atoms with Crippen LogP contribution in [0.3, 0.4) is 0 Å². The molecule has 0 amide bonds. The van der Waals surface area contributed by atoms with Crippen LogP contribution in [0.4, 0.5) is 0 Å². The molecule has 0 saturated heterocycles. The maximum Gasteiger partial charge on any atom is 0.333 e. The van der Waals surface area contributed by atoms with Gasteiger partial charge in [0.1, 0.15) is 0 Å². The second-order valence-electron chi connectivity index (χ2n) is 3.71. The molecule has 0 aliphatic rings. The number of hydrogen-bond donors (Lipinski definition) is 2. The first-order chi connectivity index (χ1) is 7.50. The first-order valence-corrected chi connectivity index (χ1v) is 4.96. The fourth-order valence-corrected chi connectivity index (χ4v) is 1.18. The van der Waals surface area contributed by atoms with Crippen molar-refractivity contribution in [2.45, 2.75) is 12.8 Å². The SMILES string of the molecule is CN(C)CCCC(=O)On1c(O)ccc1O. The molecule has 1 rings (SSSR count). The standard InChI is InChI=1S/C10H16N2O4/c1-11(2)7-3-4-10(15)16-12-8(13)5-6-9(12)14/h5-6,13-14H,3-4,7H2,1-2H3. The minimum absolute atomic E-state index is 0.231. The van der Waals surface area contributed by atoms with Gasteiger partial charge in [0.15, 0.2) is 0 Å². The smallest absolute Gasteiger partial charge is 0.333 e. The number of carbonyl (C=O) groups excluding carboxylic acids is 1. The number of aromatic hydroxyl groups is 2. The average Bonchev–Trinajstić information content (AvgIpc) is 2.49. The molecule has 0 bridgehead atoms. The summed E-state index contributed by atoms with van der Waals surface area (Å²) >= 11 is 0. The van der Waals surface area contributed by atoms with Gasteiger partial charge < -0.3 is 20.0 Å². The van der Waals surface area contributed by atoms with Crippen molar-refractivity contribution >= 4 is 5.97 Å². The Labute approximate surface area is 93.6 Å². The summed E-state index contributed by atoms with van der Waals surface area (Å²) in [5, 5.41) is 18.4. The van der Waals surface area contributed by atoms with E-state index in [2.05, 4.69) is 0 Å². The number of nitrogens with zero attached hydrogens (tertiary/aromatic N) is 2.